The molecule has 0 unspecified atom stereocenters. The van der Waals surface area contributed by atoms with E-state index < -0.39 is 5.97 Å². The molecule has 1 saturated heterocycles. The first-order valence-corrected chi connectivity index (χ1v) is 7.91. The number of hydrogen-bond donors (Lipinski definition) is 1. The van der Waals surface area contributed by atoms with Crippen LogP contribution in [0, 0.1) is 0 Å². The Morgan fingerprint density at radius 3 is 2.52 bits per heavy atom. The minimum absolute atomic E-state index is 0.212. The molecule has 0 saturated carbocycles. The summed E-state index contributed by atoms with van der Waals surface area (Å²) in [6, 6.07) is 17.5. The van der Waals surface area contributed by atoms with E-state index in [2.05, 4.69) is 29.2 Å². The summed E-state index contributed by atoms with van der Waals surface area (Å²) in [5, 5.41) is 8.95. The number of aromatic carboxylic acids is 1. The SMILES string of the molecule is O=C(O)c1ccc(CN2CCO[C@@H](Cc3ccccc3)C2)cc1. The minimum atomic E-state index is -0.883. The highest BCUT2D eigenvalue weighted by molar-refractivity contribution is 5.87. The lowest BCUT2D eigenvalue weighted by atomic mass is 10.1. The van der Waals surface area contributed by atoms with Gasteiger partial charge in [0.1, 0.15) is 0 Å². The highest BCUT2D eigenvalue weighted by Gasteiger charge is 2.20. The number of ether oxygens (including phenoxy) is 1. The normalized spacial score (nSPS) is 18.7. The summed E-state index contributed by atoms with van der Waals surface area (Å²) in [5.41, 5.74) is 2.76. The Hall–Kier alpha value is -2.17. The molecular weight excluding hydrogens is 290 g/mol. The van der Waals surface area contributed by atoms with E-state index in [4.69, 9.17) is 9.84 Å². The summed E-state index contributed by atoms with van der Waals surface area (Å²) >= 11 is 0. The van der Waals surface area contributed by atoms with Crippen LogP contribution in [0.4, 0.5) is 0 Å². The van der Waals surface area contributed by atoms with E-state index in [-0.39, 0.29) is 6.10 Å². The fourth-order valence-electron chi connectivity index (χ4n) is 2.94. The van der Waals surface area contributed by atoms with E-state index in [1.165, 1.54) is 5.56 Å². The lowest BCUT2D eigenvalue weighted by Gasteiger charge is -2.33. The molecule has 4 heteroatoms. The van der Waals surface area contributed by atoms with Crippen molar-refractivity contribution in [2.45, 2.75) is 19.1 Å². The number of morpholine rings is 1. The first-order chi connectivity index (χ1) is 11.2. The van der Waals surface area contributed by atoms with Crippen LogP contribution in [-0.4, -0.2) is 41.8 Å². The van der Waals surface area contributed by atoms with Crippen molar-refractivity contribution in [3.63, 3.8) is 0 Å². The van der Waals surface area contributed by atoms with Crippen LogP contribution in [0.2, 0.25) is 0 Å². The van der Waals surface area contributed by atoms with Crippen molar-refractivity contribution in [2.24, 2.45) is 0 Å². The fraction of sp³-hybridized carbons (Fsp3) is 0.316. The van der Waals surface area contributed by atoms with Gasteiger partial charge in [0.15, 0.2) is 0 Å². The van der Waals surface area contributed by atoms with Gasteiger partial charge in [0.25, 0.3) is 0 Å². The minimum Gasteiger partial charge on any atom is -0.478 e. The molecule has 0 aliphatic carbocycles. The quantitative estimate of drug-likeness (QED) is 0.922. The zero-order chi connectivity index (χ0) is 16.1. The molecule has 2 aromatic carbocycles. The van der Waals surface area contributed by atoms with Gasteiger partial charge in [-0.2, -0.15) is 0 Å². The number of nitrogens with zero attached hydrogens (tertiary/aromatic N) is 1. The van der Waals surface area contributed by atoms with Crippen LogP contribution in [-0.2, 0) is 17.7 Å². The maximum absolute atomic E-state index is 10.9. The molecule has 0 radical (unpaired) electrons. The van der Waals surface area contributed by atoms with E-state index in [1.54, 1.807) is 12.1 Å². The largest absolute Gasteiger partial charge is 0.478 e. The van der Waals surface area contributed by atoms with E-state index in [0.29, 0.717) is 5.56 Å². The van der Waals surface area contributed by atoms with E-state index in [1.807, 2.05) is 18.2 Å². The molecule has 4 nitrogen and oxygen atoms in total. The highest BCUT2D eigenvalue weighted by atomic mass is 16.5. The van der Waals surface area contributed by atoms with Gasteiger partial charge in [-0.15, -0.1) is 0 Å². The number of carboxylic acids is 1. The standard InChI is InChI=1S/C19H21NO3/c21-19(22)17-8-6-16(7-9-17)13-20-10-11-23-18(14-20)12-15-4-2-1-3-5-15/h1-9,18H,10-14H2,(H,21,22)/t18-/m0/s1. The molecule has 120 valence electrons. The molecule has 1 atom stereocenters. The van der Waals surface area contributed by atoms with Crippen molar-refractivity contribution in [1.29, 1.82) is 0 Å². The van der Waals surface area contributed by atoms with Crippen LogP contribution in [0.3, 0.4) is 0 Å². The Bertz CT molecular complexity index is 639. The van der Waals surface area contributed by atoms with Crippen molar-refractivity contribution < 1.29 is 14.6 Å². The van der Waals surface area contributed by atoms with Crippen LogP contribution >= 0.6 is 0 Å². The number of carboxylic acid groups (broad SMARTS) is 1. The molecule has 2 aromatic rings. The third-order valence-corrected chi connectivity index (χ3v) is 4.14. The summed E-state index contributed by atoms with van der Waals surface area (Å²) in [7, 11) is 0. The maximum atomic E-state index is 10.9. The lowest BCUT2D eigenvalue weighted by molar-refractivity contribution is -0.0304. The Morgan fingerprint density at radius 2 is 1.83 bits per heavy atom. The molecule has 23 heavy (non-hydrogen) atoms. The topological polar surface area (TPSA) is 49.8 Å². The summed E-state index contributed by atoms with van der Waals surface area (Å²) in [6.45, 7) is 3.38. The average molecular weight is 311 g/mol. The fourth-order valence-corrected chi connectivity index (χ4v) is 2.94. The molecule has 1 aliphatic rings. The maximum Gasteiger partial charge on any atom is 0.335 e. The first kappa shape index (κ1) is 15.7. The van der Waals surface area contributed by atoms with Gasteiger partial charge in [0, 0.05) is 19.6 Å². The predicted molar refractivity (Wildman–Crippen MR) is 88.6 cm³/mol. The van der Waals surface area contributed by atoms with Gasteiger partial charge >= 0.3 is 5.97 Å². The van der Waals surface area contributed by atoms with Gasteiger partial charge in [-0.3, -0.25) is 4.90 Å². The number of hydrogen-bond acceptors (Lipinski definition) is 3. The third-order valence-electron chi connectivity index (χ3n) is 4.14. The number of rotatable bonds is 5. The van der Waals surface area contributed by atoms with Crippen LogP contribution in [0.25, 0.3) is 0 Å². The van der Waals surface area contributed by atoms with Crippen molar-refractivity contribution in [3.8, 4) is 0 Å². The summed E-state index contributed by atoms with van der Waals surface area (Å²) in [5.74, 6) is -0.883. The predicted octanol–water partition coefficient (Wildman–Crippen LogP) is 2.83. The Kier molecular flexibility index (Phi) is 5.05. The monoisotopic (exact) mass is 311 g/mol. The Morgan fingerprint density at radius 1 is 1.09 bits per heavy atom. The number of carbonyl (C=O) groups is 1. The van der Waals surface area contributed by atoms with Crippen LogP contribution in [0.15, 0.2) is 54.6 Å². The third kappa shape index (κ3) is 4.41. The Labute approximate surface area is 136 Å². The van der Waals surface area contributed by atoms with E-state index in [9.17, 15) is 4.79 Å². The summed E-state index contributed by atoms with van der Waals surface area (Å²) in [4.78, 5) is 13.3. The van der Waals surface area contributed by atoms with Gasteiger partial charge in [-0.1, -0.05) is 42.5 Å². The first-order valence-electron chi connectivity index (χ1n) is 7.91. The van der Waals surface area contributed by atoms with Crippen LogP contribution in [0.5, 0.6) is 0 Å². The highest BCUT2D eigenvalue weighted by Crippen LogP contribution is 2.15. The van der Waals surface area contributed by atoms with Crippen LogP contribution < -0.4 is 0 Å². The second-order valence-electron chi connectivity index (χ2n) is 5.92. The van der Waals surface area contributed by atoms with Crippen molar-refractivity contribution in [3.05, 3.63) is 71.3 Å². The Balaban J connectivity index is 1.57. The van der Waals surface area contributed by atoms with Gasteiger partial charge in [0.05, 0.1) is 18.3 Å². The van der Waals surface area contributed by atoms with Gasteiger partial charge in [-0.25, -0.2) is 4.79 Å². The molecule has 3 rings (SSSR count). The summed E-state index contributed by atoms with van der Waals surface area (Å²) < 4.78 is 5.88. The second kappa shape index (κ2) is 7.40. The molecular formula is C19H21NO3. The molecule has 0 bridgehead atoms. The zero-order valence-corrected chi connectivity index (χ0v) is 13.0. The van der Waals surface area contributed by atoms with Crippen LogP contribution in [0.1, 0.15) is 21.5 Å². The van der Waals surface area contributed by atoms with E-state index >= 15 is 0 Å². The molecule has 1 aliphatic heterocycles. The van der Waals surface area contributed by atoms with Crippen molar-refractivity contribution in [1.82, 2.24) is 4.90 Å². The molecule has 1 fully saturated rings. The van der Waals surface area contributed by atoms with Crippen molar-refractivity contribution >= 4 is 5.97 Å². The zero-order valence-electron chi connectivity index (χ0n) is 13.0. The average Bonchev–Trinajstić information content (AvgIpc) is 2.57. The van der Waals surface area contributed by atoms with Gasteiger partial charge in [0.2, 0.25) is 0 Å². The molecule has 0 aromatic heterocycles. The second-order valence-corrected chi connectivity index (χ2v) is 5.92. The lowest BCUT2D eigenvalue weighted by Crippen LogP contribution is -2.42. The van der Waals surface area contributed by atoms with Crippen molar-refractivity contribution in [2.75, 3.05) is 19.7 Å². The van der Waals surface area contributed by atoms with Gasteiger partial charge < -0.3 is 9.84 Å². The summed E-state index contributed by atoms with van der Waals surface area (Å²) in [6.07, 6.45) is 1.14. The molecule has 0 spiro atoms. The molecule has 1 heterocycles. The molecule has 1 N–H and O–H groups in total. The molecule has 0 amide bonds. The van der Waals surface area contributed by atoms with E-state index in [0.717, 1.165) is 38.2 Å². The van der Waals surface area contributed by atoms with Gasteiger partial charge in [-0.05, 0) is 29.7 Å². The number of benzene rings is 2. The smallest absolute Gasteiger partial charge is 0.335 e.